The molecule has 1 aliphatic rings. The van der Waals surface area contributed by atoms with Crippen molar-refractivity contribution >= 4 is 69.1 Å². The summed E-state index contributed by atoms with van der Waals surface area (Å²) in [5.41, 5.74) is 4.05. The molecule has 7 N–H and O–H groups in total. The lowest BCUT2D eigenvalue weighted by atomic mass is 9.87. The molecule has 1 fully saturated rings. The number of nitrogens with two attached hydrogens (primary N) is 1. The molecule has 59 heavy (non-hydrogen) atoms. The van der Waals surface area contributed by atoms with Gasteiger partial charge in [0, 0.05) is 30.7 Å². The van der Waals surface area contributed by atoms with Crippen LogP contribution in [0.3, 0.4) is 0 Å². The normalized spacial score (nSPS) is 21.9. The highest BCUT2D eigenvalue weighted by Gasteiger charge is 2.47. The number of nitrogens with zero attached hydrogens (tertiary/aromatic N) is 4. The molecule has 0 spiro atoms. The molecule has 0 aromatic carbocycles. The molecule has 3 heterocycles. The van der Waals surface area contributed by atoms with Gasteiger partial charge < -0.3 is 74.1 Å². The lowest BCUT2D eigenvalue weighted by Crippen LogP contribution is -2.46. The van der Waals surface area contributed by atoms with Crippen molar-refractivity contribution < 1.29 is 85.6 Å². The Morgan fingerprint density at radius 2 is 1.76 bits per heavy atom. The first-order valence-electron chi connectivity index (χ1n) is 17.7. The van der Waals surface area contributed by atoms with E-state index < -0.39 is 84.6 Å². The molecule has 2 amide bonds. The minimum absolute atomic E-state index is 0.0248. The summed E-state index contributed by atoms with van der Waals surface area (Å²) in [4.78, 5) is 96.1. The lowest BCUT2D eigenvalue weighted by molar-refractivity contribution is -0.347. The molecule has 0 saturated carbocycles. The van der Waals surface area contributed by atoms with Crippen molar-refractivity contribution in [3.63, 3.8) is 0 Å². The Bertz CT molecular complexity index is 1920. The average molecular weight is 918 g/mol. The maximum absolute atomic E-state index is 12.5. The van der Waals surface area contributed by atoms with E-state index in [2.05, 4.69) is 43.5 Å². The molecule has 2 aromatic rings. The Kier molecular flexibility index (Phi) is 19.2. The maximum Gasteiger partial charge on any atom is 0.274 e. The Balaban J connectivity index is 1.43. The quantitative estimate of drug-likeness (QED) is 0.0344. The van der Waals surface area contributed by atoms with E-state index in [0.29, 0.717) is 18.6 Å². The number of phosphoric acid groups is 3. The zero-order valence-electron chi connectivity index (χ0n) is 31.9. The number of ether oxygens (including phenoxy) is 1. The van der Waals surface area contributed by atoms with Gasteiger partial charge in [-0.3, -0.25) is 28.1 Å². The number of imidazole rings is 1. The number of amides is 2. The topological polar surface area (TPSA) is 395 Å². The smallest absolute Gasteiger partial charge is 0.274 e. The highest BCUT2D eigenvalue weighted by molar-refractivity contribution is 8.14. The number of carbonyl (C=O) groups excluding carboxylic acids is 3. The monoisotopic (exact) mass is 917 g/mol. The number of aliphatic hydroxyl groups is 3. The minimum Gasteiger partial charge on any atom is -0.790 e. The fourth-order valence-electron chi connectivity index (χ4n) is 5.19. The molecule has 25 nitrogen and oxygen atoms in total. The molecule has 0 aliphatic carbocycles. The van der Waals surface area contributed by atoms with Crippen LogP contribution in [0, 0.1) is 5.41 Å². The Labute approximate surface area is 341 Å². The molecular weight excluding hydrogens is 871 g/mol. The summed E-state index contributed by atoms with van der Waals surface area (Å²) in [6.45, 7) is 1.74. The van der Waals surface area contributed by atoms with Crippen LogP contribution in [-0.4, -0.2) is 114 Å². The zero-order chi connectivity index (χ0) is 44.2. The number of hydrogen-bond donors (Lipinski definition) is 6. The van der Waals surface area contributed by atoms with E-state index >= 15 is 0 Å². The largest absolute Gasteiger partial charge is 0.790 e. The number of aromatic nitrogens is 4. The number of unbranched alkanes of at least 4 members (excludes halogenated alkanes) is 2. The predicted octanol–water partition coefficient (Wildman–Crippen LogP) is -2.37. The molecule has 1 aliphatic heterocycles. The fourth-order valence-corrected chi connectivity index (χ4v) is 8.52. The molecule has 0 radical (unpaired) electrons. The van der Waals surface area contributed by atoms with Crippen LogP contribution in [0.5, 0.6) is 0 Å². The van der Waals surface area contributed by atoms with Gasteiger partial charge in [0.1, 0.15) is 36.3 Å². The van der Waals surface area contributed by atoms with Crippen LogP contribution in [0.2, 0.25) is 0 Å². The van der Waals surface area contributed by atoms with E-state index in [9.17, 15) is 63.0 Å². The summed E-state index contributed by atoms with van der Waals surface area (Å²) < 4.78 is 60.5. The number of aliphatic hydroxyl groups excluding tert-OH is 3. The first-order valence-corrected chi connectivity index (χ1v) is 23.1. The fraction of sp³-hybridized carbons (Fsp3) is 0.667. The maximum atomic E-state index is 12.5. The second-order valence-electron chi connectivity index (χ2n) is 13.7. The number of rotatable bonds is 25. The summed E-state index contributed by atoms with van der Waals surface area (Å²) in [6.07, 6.45) is -1.74. The summed E-state index contributed by atoms with van der Waals surface area (Å²) >= 11 is 1.00. The molecule has 8 atom stereocenters. The number of allylic oxidation sites excluding steroid dienone is 1. The van der Waals surface area contributed by atoms with Crippen LogP contribution in [0.15, 0.2) is 24.8 Å². The van der Waals surface area contributed by atoms with Crippen LogP contribution in [-0.2, 0) is 50.7 Å². The van der Waals surface area contributed by atoms with Crippen molar-refractivity contribution in [1.29, 1.82) is 0 Å². The van der Waals surface area contributed by atoms with Crippen LogP contribution in [0.25, 0.3) is 11.2 Å². The van der Waals surface area contributed by atoms with Gasteiger partial charge >= 0.3 is 0 Å². The van der Waals surface area contributed by atoms with E-state index in [-0.39, 0.29) is 47.7 Å². The van der Waals surface area contributed by atoms with Crippen LogP contribution in [0.4, 0.5) is 5.82 Å². The van der Waals surface area contributed by atoms with Gasteiger partial charge in [-0.25, -0.2) is 19.3 Å². The van der Waals surface area contributed by atoms with E-state index in [1.165, 1.54) is 19.9 Å². The van der Waals surface area contributed by atoms with E-state index in [1.807, 2.05) is 0 Å². The molecule has 0 bridgehead atoms. The number of thioether (sulfide) groups is 1. The summed E-state index contributed by atoms with van der Waals surface area (Å²) in [5, 5.41) is 35.3. The molecule has 29 heteroatoms. The van der Waals surface area contributed by atoms with Gasteiger partial charge in [0.2, 0.25) is 16.9 Å². The van der Waals surface area contributed by atoms with E-state index in [0.717, 1.165) is 41.8 Å². The van der Waals surface area contributed by atoms with Crippen LogP contribution >= 0.6 is 35.2 Å². The van der Waals surface area contributed by atoms with Crippen molar-refractivity contribution in [2.75, 3.05) is 37.8 Å². The number of nitrogen functional groups attached to an aromatic ring is 1. The predicted molar refractivity (Wildman–Crippen MR) is 198 cm³/mol. The van der Waals surface area contributed by atoms with E-state index in [4.69, 9.17) is 10.5 Å². The molecule has 3 rings (SSSR count). The standard InChI is InChI=1S/C30H50N7O18P3S/c1-18(38)8-6-4-5-7-9-21(40)59-13-12-32-20(39)10-11-33-28(43)25(42)30(2,3)15-52-58(49,50)55-57(47,48)51-14-19-24(54-56(44,45)46)23(41)29(53-19)37-17-36-22-26(31)34-16-35-27(22)37/h7,9,16-19,23-25,29,38,41-42H,4-6,8,10-15H2,1-3H3,(H,32,39)(H,33,43)(H,47,48)(H,49,50)(H2,31,34,35)(H2,44,45,46)/p-4/b9-7+/t18-,19-,23-,24-,25+,29-/m1/s1. The van der Waals surface area contributed by atoms with Crippen molar-refractivity contribution in [3.05, 3.63) is 24.8 Å². The van der Waals surface area contributed by atoms with Crippen LogP contribution in [0.1, 0.15) is 59.1 Å². The van der Waals surface area contributed by atoms with Crippen molar-refractivity contribution in [2.24, 2.45) is 5.41 Å². The van der Waals surface area contributed by atoms with Gasteiger partial charge in [0.05, 0.1) is 33.5 Å². The first kappa shape index (κ1) is 50.6. The van der Waals surface area contributed by atoms with Crippen molar-refractivity contribution in [1.82, 2.24) is 30.2 Å². The van der Waals surface area contributed by atoms with Gasteiger partial charge in [0.15, 0.2) is 17.7 Å². The number of carbonyl (C=O) groups is 3. The third kappa shape index (κ3) is 16.9. The number of phosphoric ester groups is 3. The SMILES string of the molecule is C[C@@H](O)CCCC/C=C/C(=O)SCCNC(=O)CCNC(=O)[C@H](O)C(C)(C)COP(=O)([O-])OP(=O)([O-])OC[C@H]1O[C@@H](n2cnc3c(N)ncnc32)[C@H](O)[C@@H]1OP(=O)([O-])[O-]. The third-order valence-electron chi connectivity index (χ3n) is 8.22. The third-order valence-corrected chi connectivity index (χ3v) is 12.1. The average Bonchev–Trinajstić information content (AvgIpc) is 3.69. The Hall–Kier alpha value is -2.74. The highest BCUT2D eigenvalue weighted by atomic mass is 32.2. The second-order valence-corrected chi connectivity index (χ2v) is 18.8. The lowest BCUT2D eigenvalue weighted by Gasteiger charge is -2.36. The Morgan fingerprint density at radius 3 is 2.44 bits per heavy atom. The minimum atomic E-state index is -5.92. The number of fused-ring (bicyclic) bond motifs is 1. The number of anilines is 1. The highest BCUT2D eigenvalue weighted by Crippen LogP contribution is 2.56. The van der Waals surface area contributed by atoms with Gasteiger partial charge in [-0.1, -0.05) is 38.1 Å². The molecule has 334 valence electrons. The number of nitrogens with one attached hydrogen (secondary N) is 2. The summed E-state index contributed by atoms with van der Waals surface area (Å²) in [7, 11) is -17.6. The van der Waals surface area contributed by atoms with E-state index in [1.54, 1.807) is 13.0 Å². The van der Waals surface area contributed by atoms with Gasteiger partial charge in [-0.15, -0.1) is 0 Å². The van der Waals surface area contributed by atoms with Gasteiger partial charge in [-0.05, 0) is 32.3 Å². The van der Waals surface area contributed by atoms with Gasteiger partial charge in [0.25, 0.3) is 15.6 Å². The summed E-state index contributed by atoms with van der Waals surface area (Å²) in [6, 6.07) is 0. The Morgan fingerprint density at radius 1 is 1.07 bits per heavy atom. The molecule has 2 unspecified atom stereocenters. The molecule has 1 saturated heterocycles. The zero-order valence-corrected chi connectivity index (χ0v) is 35.4. The summed E-state index contributed by atoms with van der Waals surface area (Å²) in [5.74, 6) is -1.29. The van der Waals surface area contributed by atoms with Crippen molar-refractivity contribution in [2.45, 2.75) is 89.6 Å². The van der Waals surface area contributed by atoms with Gasteiger partial charge in [-0.2, -0.15) is 0 Å². The first-order chi connectivity index (χ1) is 27.4. The van der Waals surface area contributed by atoms with Crippen LogP contribution < -0.4 is 35.9 Å². The van der Waals surface area contributed by atoms with Crippen molar-refractivity contribution in [3.8, 4) is 0 Å². The second kappa shape index (κ2) is 22.4. The number of hydrogen-bond acceptors (Lipinski definition) is 23. The molecular formula is C30H46N7O18P3S-4. The molecule has 2 aromatic heterocycles.